The summed E-state index contributed by atoms with van der Waals surface area (Å²) >= 11 is 0. The first-order valence-corrected chi connectivity index (χ1v) is 11.9. The summed E-state index contributed by atoms with van der Waals surface area (Å²) in [5.74, 6) is -2.87. The van der Waals surface area contributed by atoms with Crippen LogP contribution in [0, 0.1) is 0 Å². The molecule has 14 heteroatoms. The molecule has 4 unspecified atom stereocenters. The number of fused-ring (bicyclic) bond motifs is 1. The van der Waals surface area contributed by atoms with Crippen LogP contribution in [0.1, 0.15) is 33.3 Å². The summed E-state index contributed by atoms with van der Waals surface area (Å²) in [4.78, 5) is 46.9. The molecule has 1 aromatic rings. The largest absolute Gasteiger partial charge is 0.532 e. The number of rotatable bonds is 7. The molecule has 35 heavy (non-hydrogen) atoms. The fraction of sp³-hybridized carbons (Fsp3) is 0.524. The van der Waals surface area contributed by atoms with E-state index in [0.717, 1.165) is 27.7 Å². The summed E-state index contributed by atoms with van der Waals surface area (Å²) in [6, 6.07) is 6.65. The monoisotopic (exact) mass is 516 g/mol. The van der Waals surface area contributed by atoms with Gasteiger partial charge < -0.3 is 28.2 Å². The van der Waals surface area contributed by atoms with Crippen LogP contribution in [0.2, 0.25) is 0 Å². The van der Waals surface area contributed by atoms with Crippen molar-refractivity contribution in [2.75, 3.05) is 6.61 Å². The molecule has 2 heterocycles. The van der Waals surface area contributed by atoms with Crippen LogP contribution >= 0.6 is 7.82 Å². The Morgan fingerprint density at radius 2 is 1.49 bits per heavy atom. The van der Waals surface area contributed by atoms with Gasteiger partial charge in [-0.25, -0.2) is 9.09 Å². The molecule has 0 radical (unpaired) electrons. The van der Waals surface area contributed by atoms with Gasteiger partial charge in [0.2, 0.25) is 6.29 Å². The molecule has 1 saturated heterocycles. The molecule has 0 aliphatic carbocycles. The van der Waals surface area contributed by atoms with Crippen molar-refractivity contribution < 1.29 is 61.0 Å². The van der Waals surface area contributed by atoms with Crippen LogP contribution in [0.5, 0.6) is 5.75 Å². The lowest BCUT2D eigenvalue weighted by atomic mass is 9.98. The Balaban J connectivity index is 1.95. The summed E-state index contributed by atoms with van der Waals surface area (Å²) in [6.45, 7) is 3.80. The average Bonchev–Trinajstić information content (AvgIpc) is 2.75. The molecule has 0 spiro atoms. The molecule has 2 aliphatic rings. The molecule has 2 aliphatic heterocycles. The van der Waals surface area contributed by atoms with Crippen molar-refractivity contribution in [3.63, 3.8) is 0 Å². The predicted molar refractivity (Wildman–Crippen MR) is 113 cm³/mol. The van der Waals surface area contributed by atoms with Gasteiger partial charge in [-0.15, -0.1) is 0 Å². The second kappa shape index (κ2) is 11.2. The highest BCUT2D eigenvalue weighted by atomic mass is 31.2. The van der Waals surface area contributed by atoms with E-state index >= 15 is 0 Å². The Kier molecular flexibility index (Phi) is 8.49. The first kappa shape index (κ1) is 26.6. The third-order valence-electron chi connectivity index (χ3n) is 4.74. The van der Waals surface area contributed by atoms with Crippen LogP contribution in [0.25, 0.3) is 0 Å². The van der Waals surface area contributed by atoms with Gasteiger partial charge in [-0.1, -0.05) is 18.2 Å². The Hall–Kier alpha value is -2.99. The van der Waals surface area contributed by atoms with Gasteiger partial charge in [0, 0.05) is 33.3 Å². The van der Waals surface area contributed by atoms with Crippen LogP contribution in [-0.4, -0.2) is 61.2 Å². The molecule has 1 fully saturated rings. The number of carbonyl (C=O) groups is 4. The van der Waals surface area contributed by atoms with E-state index in [1.54, 1.807) is 24.3 Å². The maximum absolute atomic E-state index is 13.3. The van der Waals surface area contributed by atoms with Crippen molar-refractivity contribution in [1.29, 1.82) is 0 Å². The van der Waals surface area contributed by atoms with Crippen molar-refractivity contribution in [3.05, 3.63) is 29.8 Å². The minimum absolute atomic E-state index is 0.112. The van der Waals surface area contributed by atoms with Crippen molar-refractivity contribution in [2.24, 2.45) is 0 Å². The predicted octanol–water partition coefficient (Wildman–Crippen LogP) is 1.80. The first-order valence-electron chi connectivity index (χ1n) is 10.5. The number of para-hydroxylation sites is 1. The lowest BCUT2D eigenvalue weighted by Crippen LogP contribution is -2.62. The molecule has 3 rings (SSSR count). The highest BCUT2D eigenvalue weighted by molar-refractivity contribution is 7.49. The maximum Gasteiger partial charge on any atom is 0.532 e. The molecule has 0 bridgehead atoms. The minimum Gasteiger partial charge on any atom is -0.463 e. The number of ether oxygens (including phenoxy) is 5. The lowest BCUT2D eigenvalue weighted by Gasteiger charge is -2.44. The second-order valence-electron chi connectivity index (χ2n) is 7.59. The van der Waals surface area contributed by atoms with Crippen LogP contribution in [0.3, 0.4) is 0 Å². The van der Waals surface area contributed by atoms with E-state index in [4.69, 9.17) is 37.3 Å². The number of phosphoric acid groups is 1. The standard InChI is InChI=1S/C21H25O13P/c1-11(22)27-10-17-18(29-12(2)23)19(30-13(3)24)20(31-14(4)25)21(32-17)34-35(26)28-9-15-7-5-6-8-16(15)33-35/h5-8,17-21H,9-10H2,1-4H3/t17?,18-,19?,20?,21-,35?/m1/s1. The molecule has 13 nitrogen and oxygen atoms in total. The van der Waals surface area contributed by atoms with Gasteiger partial charge in [-0.2, -0.15) is 0 Å². The van der Waals surface area contributed by atoms with Crippen LogP contribution in [-0.2, 0) is 63.1 Å². The Morgan fingerprint density at radius 1 is 0.886 bits per heavy atom. The van der Waals surface area contributed by atoms with E-state index in [2.05, 4.69) is 0 Å². The molecule has 0 aromatic heterocycles. The van der Waals surface area contributed by atoms with Gasteiger partial charge in [-0.3, -0.25) is 23.7 Å². The summed E-state index contributed by atoms with van der Waals surface area (Å²) in [5, 5.41) is 0. The molecule has 0 saturated carbocycles. The Bertz CT molecular complexity index is 1020. The van der Waals surface area contributed by atoms with E-state index in [1.165, 1.54) is 0 Å². The Labute approximate surface area is 200 Å². The number of esters is 4. The van der Waals surface area contributed by atoms with Gasteiger partial charge in [0.15, 0.2) is 18.3 Å². The average molecular weight is 516 g/mol. The third-order valence-corrected chi connectivity index (χ3v) is 6.07. The Morgan fingerprint density at radius 3 is 2.11 bits per heavy atom. The number of hydrogen-bond acceptors (Lipinski definition) is 13. The number of phosphoric ester groups is 1. The van der Waals surface area contributed by atoms with Crippen molar-refractivity contribution in [1.82, 2.24) is 0 Å². The fourth-order valence-corrected chi connectivity index (χ4v) is 4.76. The lowest BCUT2D eigenvalue weighted by molar-refractivity contribution is -0.291. The van der Waals surface area contributed by atoms with Gasteiger partial charge in [0.05, 0.1) is 6.61 Å². The van der Waals surface area contributed by atoms with Crippen LogP contribution in [0.15, 0.2) is 24.3 Å². The molecule has 1 aromatic carbocycles. The highest BCUT2D eigenvalue weighted by Gasteiger charge is 2.55. The third kappa shape index (κ3) is 7.01. The normalized spacial score (nSPS) is 29.7. The number of benzene rings is 1. The van der Waals surface area contributed by atoms with Crippen molar-refractivity contribution in [3.8, 4) is 5.75 Å². The second-order valence-corrected chi connectivity index (χ2v) is 9.14. The molecule has 0 amide bonds. The van der Waals surface area contributed by atoms with Gasteiger partial charge in [0.25, 0.3) is 0 Å². The van der Waals surface area contributed by atoms with Gasteiger partial charge >= 0.3 is 31.7 Å². The summed E-state index contributed by atoms with van der Waals surface area (Å²) in [6.07, 6.45) is -7.40. The topological polar surface area (TPSA) is 159 Å². The zero-order chi connectivity index (χ0) is 25.8. The van der Waals surface area contributed by atoms with E-state index < -0.39 is 69.0 Å². The fourth-order valence-electron chi connectivity index (χ4n) is 3.46. The van der Waals surface area contributed by atoms with E-state index in [0.29, 0.717) is 5.56 Å². The zero-order valence-electron chi connectivity index (χ0n) is 19.4. The zero-order valence-corrected chi connectivity index (χ0v) is 20.3. The van der Waals surface area contributed by atoms with Crippen molar-refractivity contribution in [2.45, 2.75) is 65.0 Å². The summed E-state index contributed by atoms with van der Waals surface area (Å²) in [5.41, 5.74) is 0.615. The number of carbonyl (C=O) groups excluding carboxylic acids is 4. The highest BCUT2D eigenvalue weighted by Crippen LogP contribution is 2.56. The van der Waals surface area contributed by atoms with Gasteiger partial charge in [0.1, 0.15) is 18.5 Å². The molecular formula is C21H25O13P. The smallest absolute Gasteiger partial charge is 0.463 e. The molecule has 6 atom stereocenters. The van der Waals surface area contributed by atoms with E-state index in [-0.39, 0.29) is 12.4 Å². The van der Waals surface area contributed by atoms with Gasteiger partial charge in [-0.05, 0) is 6.07 Å². The summed E-state index contributed by atoms with van der Waals surface area (Å²) < 4.78 is 56.1. The molecule has 0 N–H and O–H groups in total. The SMILES string of the molecule is CC(=O)OCC1O[C@H](OP2(=O)OCc3ccccc3O2)C(OC(C)=O)C(OC(C)=O)[C@@H]1OC(C)=O. The first-order chi connectivity index (χ1) is 16.5. The van der Waals surface area contributed by atoms with E-state index in [1.807, 2.05) is 0 Å². The van der Waals surface area contributed by atoms with Crippen molar-refractivity contribution >= 4 is 31.7 Å². The molecular weight excluding hydrogens is 491 g/mol. The maximum atomic E-state index is 13.3. The van der Waals surface area contributed by atoms with Crippen LogP contribution in [0.4, 0.5) is 0 Å². The summed E-state index contributed by atoms with van der Waals surface area (Å²) in [7, 11) is -4.34. The minimum atomic E-state index is -4.34. The number of hydrogen-bond donors (Lipinski definition) is 0. The molecule has 192 valence electrons. The van der Waals surface area contributed by atoms with Crippen LogP contribution < -0.4 is 4.52 Å². The quantitative estimate of drug-likeness (QED) is 0.294. The van der Waals surface area contributed by atoms with E-state index in [9.17, 15) is 23.7 Å².